The highest BCUT2D eigenvalue weighted by Crippen LogP contribution is 2.35. The largest absolute Gasteiger partial charge is 0.482 e. The van der Waals surface area contributed by atoms with Gasteiger partial charge < -0.3 is 15.0 Å². The van der Waals surface area contributed by atoms with Gasteiger partial charge in [-0.2, -0.15) is 4.98 Å². The molecule has 1 aromatic carbocycles. The van der Waals surface area contributed by atoms with Gasteiger partial charge in [0, 0.05) is 18.9 Å². The maximum absolute atomic E-state index is 5.84. The fourth-order valence-corrected chi connectivity index (χ4v) is 2.40. The van der Waals surface area contributed by atoms with Crippen LogP contribution in [-0.4, -0.2) is 16.2 Å². The quantitative estimate of drug-likeness (QED) is 0.905. The molecule has 0 radical (unpaired) electrons. The van der Waals surface area contributed by atoms with Crippen LogP contribution in [0, 0.1) is 0 Å². The highest BCUT2D eigenvalue weighted by Gasteiger charge is 2.28. The number of nitrogens with two attached hydrogens (primary N) is 1. The normalized spacial score (nSPS) is 18.6. The molecule has 106 valence electrons. The van der Waals surface area contributed by atoms with Crippen LogP contribution in [0.25, 0.3) is 0 Å². The first-order valence-electron chi connectivity index (χ1n) is 7.05. The summed E-state index contributed by atoms with van der Waals surface area (Å²) in [5, 5.41) is 4.04. The number of nitrogens with zero attached hydrogens (tertiary/aromatic N) is 2. The SMILES string of the molecule is CC(N)CCCc1nc(C2Cc3ccccc3O2)no1. The molecule has 1 aromatic heterocycles. The Kier molecular flexibility index (Phi) is 3.69. The number of fused-ring (bicyclic) bond motifs is 1. The third kappa shape index (κ3) is 2.82. The first-order valence-corrected chi connectivity index (χ1v) is 7.05. The van der Waals surface area contributed by atoms with Gasteiger partial charge in [-0.25, -0.2) is 0 Å². The smallest absolute Gasteiger partial charge is 0.226 e. The molecule has 0 aliphatic carbocycles. The van der Waals surface area contributed by atoms with Crippen molar-refractivity contribution in [3.63, 3.8) is 0 Å². The van der Waals surface area contributed by atoms with Gasteiger partial charge in [0.25, 0.3) is 0 Å². The number of hydrogen-bond acceptors (Lipinski definition) is 5. The molecule has 20 heavy (non-hydrogen) atoms. The van der Waals surface area contributed by atoms with Gasteiger partial charge in [-0.05, 0) is 31.4 Å². The van der Waals surface area contributed by atoms with Gasteiger partial charge in [-0.1, -0.05) is 23.4 Å². The number of benzene rings is 1. The lowest BCUT2D eigenvalue weighted by molar-refractivity contribution is 0.221. The van der Waals surface area contributed by atoms with Crippen molar-refractivity contribution in [3.05, 3.63) is 41.5 Å². The predicted octanol–water partition coefficient (Wildman–Crippen LogP) is 2.42. The summed E-state index contributed by atoms with van der Waals surface area (Å²) >= 11 is 0. The number of para-hydroxylation sites is 1. The third-order valence-corrected chi connectivity index (χ3v) is 3.47. The highest BCUT2D eigenvalue weighted by atomic mass is 16.5. The number of rotatable bonds is 5. The molecule has 2 aromatic rings. The molecule has 2 N–H and O–H groups in total. The minimum atomic E-state index is -0.127. The monoisotopic (exact) mass is 273 g/mol. The molecule has 0 fully saturated rings. The number of ether oxygens (including phenoxy) is 1. The third-order valence-electron chi connectivity index (χ3n) is 3.47. The van der Waals surface area contributed by atoms with E-state index in [-0.39, 0.29) is 12.1 Å². The standard InChI is InChI=1S/C15H19N3O2/c1-10(16)5-4-8-14-17-15(18-20-14)13-9-11-6-2-3-7-12(11)19-13/h2-3,6-7,10,13H,4-5,8-9,16H2,1H3. The van der Waals surface area contributed by atoms with Crippen LogP contribution < -0.4 is 10.5 Å². The van der Waals surface area contributed by atoms with Crippen molar-refractivity contribution in [3.8, 4) is 5.75 Å². The fraction of sp³-hybridized carbons (Fsp3) is 0.467. The van der Waals surface area contributed by atoms with Gasteiger partial charge in [0.15, 0.2) is 6.10 Å². The Morgan fingerprint density at radius 1 is 1.40 bits per heavy atom. The Hall–Kier alpha value is -1.88. The Morgan fingerprint density at radius 3 is 3.05 bits per heavy atom. The van der Waals surface area contributed by atoms with Crippen molar-refractivity contribution in [2.75, 3.05) is 0 Å². The molecule has 5 nitrogen and oxygen atoms in total. The molecule has 0 amide bonds. The van der Waals surface area contributed by atoms with E-state index >= 15 is 0 Å². The zero-order valence-electron chi connectivity index (χ0n) is 11.6. The molecular formula is C15H19N3O2. The molecule has 2 unspecified atom stereocenters. The van der Waals surface area contributed by atoms with Gasteiger partial charge in [-0.15, -0.1) is 0 Å². The van der Waals surface area contributed by atoms with Gasteiger partial charge in [-0.3, -0.25) is 0 Å². The van der Waals surface area contributed by atoms with E-state index in [0.29, 0.717) is 11.7 Å². The molecular weight excluding hydrogens is 254 g/mol. The molecule has 0 spiro atoms. The lowest BCUT2D eigenvalue weighted by atomic mass is 10.1. The summed E-state index contributed by atoms with van der Waals surface area (Å²) in [7, 11) is 0. The lowest BCUT2D eigenvalue weighted by Gasteiger charge is -2.04. The Labute approximate surface area is 118 Å². The molecule has 1 aliphatic rings. The zero-order chi connectivity index (χ0) is 13.9. The molecule has 1 aliphatic heterocycles. The summed E-state index contributed by atoms with van der Waals surface area (Å²) in [6, 6.07) is 8.24. The van der Waals surface area contributed by atoms with Crippen molar-refractivity contribution in [2.45, 2.75) is 44.8 Å². The van der Waals surface area contributed by atoms with Crippen LogP contribution in [0.5, 0.6) is 5.75 Å². The summed E-state index contributed by atoms with van der Waals surface area (Å²) in [4.78, 5) is 4.43. The van der Waals surface area contributed by atoms with Gasteiger partial charge in [0.2, 0.25) is 11.7 Å². The van der Waals surface area contributed by atoms with Crippen molar-refractivity contribution in [2.24, 2.45) is 5.73 Å². The van der Waals surface area contributed by atoms with Gasteiger partial charge in [0.05, 0.1) is 0 Å². The van der Waals surface area contributed by atoms with E-state index in [1.54, 1.807) is 0 Å². The lowest BCUT2D eigenvalue weighted by Crippen LogP contribution is -2.14. The molecule has 3 rings (SSSR count). The topological polar surface area (TPSA) is 74.2 Å². The second-order valence-electron chi connectivity index (χ2n) is 5.33. The molecule has 5 heteroatoms. The van der Waals surface area contributed by atoms with E-state index < -0.39 is 0 Å². The van der Waals surface area contributed by atoms with E-state index in [1.807, 2.05) is 25.1 Å². The maximum atomic E-state index is 5.84. The van der Waals surface area contributed by atoms with Crippen LogP contribution in [0.3, 0.4) is 0 Å². The van der Waals surface area contributed by atoms with E-state index in [0.717, 1.165) is 31.4 Å². The summed E-state index contributed by atoms with van der Waals surface area (Å²) in [5.41, 5.74) is 6.92. The Bertz CT molecular complexity index is 555. The Morgan fingerprint density at radius 2 is 2.25 bits per heavy atom. The van der Waals surface area contributed by atoms with Gasteiger partial charge >= 0.3 is 0 Å². The van der Waals surface area contributed by atoms with Gasteiger partial charge in [0.1, 0.15) is 5.75 Å². The van der Waals surface area contributed by atoms with Crippen molar-refractivity contribution >= 4 is 0 Å². The first-order chi connectivity index (χ1) is 9.72. The van der Waals surface area contributed by atoms with Crippen LogP contribution in [0.1, 0.15) is 43.1 Å². The van der Waals surface area contributed by atoms with E-state index in [1.165, 1.54) is 5.56 Å². The predicted molar refractivity (Wildman–Crippen MR) is 74.4 cm³/mol. The molecule has 0 saturated heterocycles. The molecule has 0 saturated carbocycles. The average Bonchev–Trinajstić information content (AvgIpc) is 3.03. The Balaban J connectivity index is 1.61. The van der Waals surface area contributed by atoms with E-state index in [2.05, 4.69) is 16.2 Å². The van der Waals surface area contributed by atoms with E-state index in [4.69, 9.17) is 15.0 Å². The average molecular weight is 273 g/mol. The summed E-state index contributed by atoms with van der Waals surface area (Å²) in [5.74, 6) is 2.22. The highest BCUT2D eigenvalue weighted by molar-refractivity contribution is 5.37. The van der Waals surface area contributed by atoms with Crippen LogP contribution in [0.2, 0.25) is 0 Å². The molecule has 0 bridgehead atoms. The number of hydrogen-bond donors (Lipinski definition) is 1. The number of aromatic nitrogens is 2. The van der Waals surface area contributed by atoms with E-state index in [9.17, 15) is 0 Å². The van der Waals surface area contributed by atoms with Crippen molar-refractivity contribution in [1.29, 1.82) is 0 Å². The number of aryl methyl sites for hydroxylation is 1. The fourth-order valence-electron chi connectivity index (χ4n) is 2.40. The van der Waals surface area contributed by atoms with Crippen LogP contribution in [-0.2, 0) is 12.8 Å². The molecule has 2 atom stereocenters. The summed E-state index contributed by atoms with van der Waals surface area (Å²) in [6.45, 7) is 2.00. The molecule has 2 heterocycles. The zero-order valence-corrected chi connectivity index (χ0v) is 11.6. The van der Waals surface area contributed by atoms with Crippen LogP contribution in [0.15, 0.2) is 28.8 Å². The maximum Gasteiger partial charge on any atom is 0.226 e. The van der Waals surface area contributed by atoms with Crippen LogP contribution in [0.4, 0.5) is 0 Å². The first kappa shape index (κ1) is 13.1. The summed E-state index contributed by atoms with van der Waals surface area (Å²) in [6.07, 6.45) is 3.37. The second-order valence-corrected chi connectivity index (χ2v) is 5.33. The summed E-state index contributed by atoms with van der Waals surface area (Å²) < 4.78 is 11.1. The minimum Gasteiger partial charge on any atom is -0.482 e. The second kappa shape index (κ2) is 5.63. The van der Waals surface area contributed by atoms with Crippen molar-refractivity contribution in [1.82, 2.24) is 10.1 Å². The minimum absolute atomic E-state index is 0.127. The van der Waals surface area contributed by atoms with Crippen molar-refractivity contribution < 1.29 is 9.26 Å². The van der Waals surface area contributed by atoms with Crippen LogP contribution >= 0.6 is 0 Å².